The Morgan fingerprint density at radius 1 is 1.33 bits per heavy atom. The van der Waals surface area contributed by atoms with E-state index in [4.69, 9.17) is 5.11 Å². The molecule has 1 saturated carbocycles. The molecule has 1 aliphatic rings. The first-order valence-electron chi connectivity index (χ1n) is 6.36. The van der Waals surface area contributed by atoms with Gasteiger partial charge in [-0.15, -0.1) is 0 Å². The number of carbonyl (C=O) groups is 1. The highest BCUT2D eigenvalue weighted by Crippen LogP contribution is 2.32. The summed E-state index contributed by atoms with van der Waals surface area (Å²) in [6, 6.07) is 0. The number of carboxylic acids is 1. The predicted octanol–water partition coefficient (Wildman–Crippen LogP) is 3.70. The van der Waals surface area contributed by atoms with Gasteiger partial charge in [-0.3, -0.25) is 4.79 Å². The molecule has 0 amide bonds. The largest absolute Gasteiger partial charge is 0.481 e. The second-order valence-corrected chi connectivity index (χ2v) is 5.15. The van der Waals surface area contributed by atoms with Crippen LogP contribution in [0.25, 0.3) is 0 Å². The number of rotatable bonds is 5. The lowest BCUT2D eigenvalue weighted by Crippen LogP contribution is -2.21. The van der Waals surface area contributed by atoms with E-state index in [0.717, 1.165) is 37.5 Å². The summed E-state index contributed by atoms with van der Waals surface area (Å²) in [5.74, 6) is 0.997. The van der Waals surface area contributed by atoms with Gasteiger partial charge in [-0.05, 0) is 37.5 Å². The summed E-state index contributed by atoms with van der Waals surface area (Å²) < 4.78 is 0. The number of aliphatic carboxylic acids is 1. The number of carboxylic acid groups (broad SMARTS) is 1. The Bertz CT molecular complexity index is 193. The molecule has 0 aromatic carbocycles. The van der Waals surface area contributed by atoms with E-state index in [1.54, 1.807) is 0 Å². The molecule has 0 aromatic rings. The smallest absolute Gasteiger partial charge is 0.306 e. The van der Waals surface area contributed by atoms with E-state index in [0.29, 0.717) is 0 Å². The van der Waals surface area contributed by atoms with Crippen LogP contribution in [0.2, 0.25) is 0 Å². The van der Waals surface area contributed by atoms with Crippen LogP contribution in [-0.4, -0.2) is 11.1 Å². The van der Waals surface area contributed by atoms with Gasteiger partial charge in [0.1, 0.15) is 0 Å². The SMILES string of the molecule is CCC(C)CCC1CCC(C(=O)O)CC1. The van der Waals surface area contributed by atoms with Gasteiger partial charge in [-0.25, -0.2) is 0 Å². The van der Waals surface area contributed by atoms with E-state index in [-0.39, 0.29) is 5.92 Å². The highest BCUT2D eigenvalue weighted by molar-refractivity contribution is 5.69. The van der Waals surface area contributed by atoms with Crippen molar-refractivity contribution in [1.82, 2.24) is 0 Å². The summed E-state index contributed by atoms with van der Waals surface area (Å²) in [5.41, 5.74) is 0. The molecular formula is C13H24O2. The Morgan fingerprint density at radius 2 is 1.93 bits per heavy atom. The molecule has 0 aromatic heterocycles. The molecule has 0 saturated heterocycles. The molecule has 0 bridgehead atoms. The molecule has 1 fully saturated rings. The lowest BCUT2D eigenvalue weighted by molar-refractivity contribution is -0.143. The summed E-state index contributed by atoms with van der Waals surface area (Å²) in [6.45, 7) is 4.55. The summed E-state index contributed by atoms with van der Waals surface area (Å²) in [4.78, 5) is 10.8. The molecular weight excluding hydrogens is 188 g/mol. The van der Waals surface area contributed by atoms with Gasteiger partial charge in [0.15, 0.2) is 0 Å². The Hall–Kier alpha value is -0.530. The van der Waals surface area contributed by atoms with Crippen molar-refractivity contribution in [2.75, 3.05) is 0 Å². The van der Waals surface area contributed by atoms with Crippen LogP contribution in [-0.2, 0) is 4.79 Å². The number of hydrogen-bond acceptors (Lipinski definition) is 1. The Balaban J connectivity index is 2.17. The molecule has 1 N–H and O–H groups in total. The van der Waals surface area contributed by atoms with Gasteiger partial charge in [0.25, 0.3) is 0 Å². The van der Waals surface area contributed by atoms with Crippen LogP contribution in [0.1, 0.15) is 58.8 Å². The van der Waals surface area contributed by atoms with E-state index < -0.39 is 5.97 Å². The second-order valence-electron chi connectivity index (χ2n) is 5.15. The fraction of sp³-hybridized carbons (Fsp3) is 0.923. The summed E-state index contributed by atoms with van der Waals surface area (Å²) in [5, 5.41) is 8.88. The molecule has 0 aliphatic heterocycles. The topological polar surface area (TPSA) is 37.3 Å². The van der Waals surface area contributed by atoms with Crippen molar-refractivity contribution in [3.8, 4) is 0 Å². The highest BCUT2D eigenvalue weighted by Gasteiger charge is 2.25. The average molecular weight is 212 g/mol. The van der Waals surface area contributed by atoms with Crippen LogP contribution >= 0.6 is 0 Å². The minimum atomic E-state index is -0.588. The first-order chi connectivity index (χ1) is 7.13. The zero-order valence-electron chi connectivity index (χ0n) is 10.0. The Morgan fingerprint density at radius 3 is 2.40 bits per heavy atom. The molecule has 88 valence electrons. The van der Waals surface area contributed by atoms with Crippen molar-refractivity contribution in [3.63, 3.8) is 0 Å². The minimum Gasteiger partial charge on any atom is -0.481 e. The first kappa shape index (κ1) is 12.5. The molecule has 1 rings (SSSR count). The van der Waals surface area contributed by atoms with Gasteiger partial charge >= 0.3 is 5.97 Å². The maximum atomic E-state index is 10.8. The monoisotopic (exact) mass is 212 g/mol. The quantitative estimate of drug-likeness (QED) is 0.754. The fourth-order valence-corrected chi connectivity index (χ4v) is 2.42. The van der Waals surface area contributed by atoms with Gasteiger partial charge in [-0.1, -0.05) is 33.1 Å². The molecule has 2 nitrogen and oxygen atoms in total. The normalized spacial score (nSPS) is 28.7. The molecule has 1 atom stereocenters. The van der Waals surface area contributed by atoms with E-state index in [1.807, 2.05) is 0 Å². The zero-order chi connectivity index (χ0) is 11.3. The van der Waals surface area contributed by atoms with Gasteiger partial charge in [0.2, 0.25) is 0 Å². The maximum Gasteiger partial charge on any atom is 0.306 e. The molecule has 1 aliphatic carbocycles. The van der Waals surface area contributed by atoms with Crippen molar-refractivity contribution >= 4 is 5.97 Å². The van der Waals surface area contributed by atoms with E-state index >= 15 is 0 Å². The predicted molar refractivity (Wildman–Crippen MR) is 61.8 cm³/mol. The minimum absolute atomic E-state index is 0.0511. The van der Waals surface area contributed by atoms with Crippen LogP contribution in [0.4, 0.5) is 0 Å². The first-order valence-corrected chi connectivity index (χ1v) is 6.36. The van der Waals surface area contributed by atoms with Gasteiger partial charge in [-0.2, -0.15) is 0 Å². The molecule has 1 unspecified atom stereocenters. The van der Waals surface area contributed by atoms with Crippen LogP contribution in [0, 0.1) is 17.8 Å². The van der Waals surface area contributed by atoms with Gasteiger partial charge < -0.3 is 5.11 Å². The highest BCUT2D eigenvalue weighted by atomic mass is 16.4. The van der Waals surface area contributed by atoms with E-state index in [2.05, 4.69) is 13.8 Å². The van der Waals surface area contributed by atoms with Crippen molar-refractivity contribution < 1.29 is 9.90 Å². The summed E-state index contributed by atoms with van der Waals surface area (Å²) in [6.07, 6.45) is 7.96. The average Bonchev–Trinajstić information content (AvgIpc) is 2.26. The third kappa shape index (κ3) is 4.23. The van der Waals surface area contributed by atoms with Gasteiger partial charge in [0, 0.05) is 0 Å². The third-order valence-corrected chi connectivity index (χ3v) is 3.96. The molecule has 15 heavy (non-hydrogen) atoms. The Labute approximate surface area is 93.1 Å². The lowest BCUT2D eigenvalue weighted by Gasteiger charge is -2.26. The lowest BCUT2D eigenvalue weighted by atomic mass is 9.79. The van der Waals surface area contributed by atoms with Crippen molar-refractivity contribution in [2.45, 2.75) is 58.8 Å². The molecule has 0 radical (unpaired) electrons. The molecule has 0 spiro atoms. The van der Waals surface area contributed by atoms with Crippen LogP contribution < -0.4 is 0 Å². The van der Waals surface area contributed by atoms with Crippen molar-refractivity contribution in [3.05, 3.63) is 0 Å². The molecule has 2 heteroatoms. The maximum absolute atomic E-state index is 10.8. The van der Waals surface area contributed by atoms with E-state index in [1.165, 1.54) is 19.3 Å². The fourth-order valence-electron chi connectivity index (χ4n) is 2.42. The summed E-state index contributed by atoms with van der Waals surface area (Å²) in [7, 11) is 0. The Kier molecular flexibility index (Phi) is 5.13. The number of hydrogen-bond donors (Lipinski definition) is 1. The van der Waals surface area contributed by atoms with Crippen molar-refractivity contribution in [2.24, 2.45) is 17.8 Å². The standard InChI is InChI=1S/C13H24O2/c1-3-10(2)4-5-11-6-8-12(9-7-11)13(14)15/h10-12H,3-9H2,1-2H3,(H,14,15). The molecule has 0 heterocycles. The van der Waals surface area contributed by atoms with Gasteiger partial charge in [0.05, 0.1) is 5.92 Å². The zero-order valence-corrected chi connectivity index (χ0v) is 10.0. The van der Waals surface area contributed by atoms with Crippen LogP contribution in [0.15, 0.2) is 0 Å². The van der Waals surface area contributed by atoms with Crippen LogP contribution in [0.3, 0.4) is 0 Å². The van der Waals surface area contributed by atoms with Crippen LogP contribution in [0.5, 0.6) is 0 Å². The summed E-state index contributed by atoms with van der Waals surface area (Å²) >= 11 is 0. The van der Waals surface area contributed by atoms with E-state index in [9.17, 15) is 4.79 Å². The third-order valence-electron chi connectivity index (χ3n) is 3.96. The second kappa shape index (κ2) is 6.14. The van der Waals surface area contributed by atoms with Crippen molar-refractivity contribution in [1.29, 1.82) is 0 Å².